The number of piperidine rings is 1. The Labute approximate surface area is 139 Å². The third-order valence-electron chi connectivity index (χ3n) is 3.82. The third-order valence-corrected chi connectivity index (χ3v) is 4.49. The summed E-state index contributed by atoms with van der Waals surface area (Å²) in [6.45, 7) is 4.86. The quantitative estimate of drug-likeness (QED) is 0.448. The number of rotatable bonds is 6. The zero-order chi connectivity index (χ0) is 15.2. The molecule has 6 heteroatoms. The van der Waals surface area contributed by atoms with Gasteiger partial charge in [0.2, 0.25) is 0 Å². The van der Waals surface area contributed by atoms with Gasteiger partial charge in [0.05, 0.1) is 4.92 Å². The molecule has 0 spiro atoms. The number of benzene rings is 1. The fraction of sp³-hybridized carbons (Fsp3) is 0.600. The Hall–Kier alpha value is -0.890. The van der Waals surface area contributed by atoms with Gasteiger partial charge >= 0.3 is 0 Å². The zero-order valence-electron chi connectivity index (χ0n) is 12.3. The highest BCUT2D eigenvalue weighted by atomic mass is 127. The lowest BCUT2D eigenvalue weighted by atomic mass is 10.0. The number of nitrogens with zero attached hydrogens (tertiary/aromatic N) is 2. The highest BCUT2D eigenvalue weighted by Crippen LogP contribution is 2.30. The summed E-state index contributed by atoms with van der Waals surface area (Å²) in [4.78, 5) is 13.2. The smallest absolute Gasteiger partial charge is 0.293 e. The Morgan fingerprint density at radius 1 is 1.48 bits per heavy atom. The molecule has 1 aromatic carbocycles. The third kappa shape index (κ3) is 4.54. The van der Waals surface area contributed by atoms with Crippen molar-refractivity contribution in [2.45, 2.75) is 38.6 Å². The minimum atomic E-state index is -0.269. The van der Waals surface area contributed by atoms with E-state index in [1.807, 2.05) is 12.1 Å². The molecule has 1 atom stereocenters. The first kappa shape index (κ1) is 16.5. The van der Waals surface area contributed by atoms with E-state index in [2.05, 4.69) is 39.7 Å². The van der Waals surface area contributed by atoms with Crippen LogP contribution in [0.3, 0.4) is 0 Å². The first-order chi connectivity index (χ1) is 10.1. The van der Waals surface area contributed by atoms with E-state index >= 15 is 0 Å². The number of hydrogen-bond donors (Lipinski definition) is 1. The molecule has 0 radical (unpaired) electrons. The van der Waals surface area contributed by atoms with E-state index < -0.39 is 0 Å². The minimum Gasteiger partial charge on any atom is -0.364 e. The van der Waals surface area contributed by atoms with Gasteiger partial charge in [0, 0.05) is 28.8 Å². The molecule has 1 fully saturated rings. The molecule has 21 heavy (non-hydrogen) atoms. The molecule has 1 saturated heterocycles. The summed E-state index contributed by atoms with van der Waals surface area (Å²) in [6.07, 6.45) is 4.61. The van der Waals surface area contributed by atoms with Gasteiger partial charge in [-0.05, 0) is 60.5 Å². The molecular weight excluding hydrogens is 381 g/mol. The van der Waals surface area contributed by atoms with Gasteiger partial charge in [-0.3, -0.25) is 10.1 Å². The van der Waals surface area contributed by atoms with E-state index in [1.165, 1.54) is 12.8 Å². The molecule has 1 unspecified atom stereocenters. The van der Waals surface area contributed by atoms with Crippen molar-refractivity contribution in [3.8, 4) is 0 Å². The van der Waals surface area contributed by atoms with Crippen molar-refractivity contribution < 1.29 is 4.92 Å². The Morgan fingerprint density at radius 3 is 2.90 bits per heavy atom. The first-order valence-electron chi connectivity index (χ1n) is 7.54. The Kier molecular flexibility index (Phi) is 6.22. The van der Waals surface area contributed by atoms with Crippen LogP contribution in [0.4, 0.5) is 11.4 Å². The fourth-order valence-corrected chi connectivity index (χ4v) is 3.31. The molecule has 116 valence electrons. The van der Waals surface area contributed by atoms with Crippen LogP contribution in [-0.4, -0.2) is 30.6 Å². The van der Waals surface area contributed by atoms with Gasteiger partial charge in [0.15, 0.2) is 0 Å². The lowest BCUT2D eigenvalue weighted by Gasteiger charge is -2.31. The maximum atomic E-state index is 11.3. The zero-order valence-corrected chi connectivity index (χ0v) is 14.5. The van der Waals surface area contributed by atoms with Crippen LogP contribution < -0.4 is 10.2 Å². The summed E-state index contributed by atoms with van der Waals surface area (Å²) in [5.41, 5.74) is 0.959. The van der Waals surface area contributed by atoms with Crippen LogP contribution in [0.1, 0.15) is 32.6 Å². The van der Waals surface area contributed by atoms with E-state index in [-0.39, 0.29) is 10.6 Å². The van der Waals surface area contributed by atoms with Crippen LogP contribution in [-0.2, 0) is 0 Å². The molecule has 0 bridgehead atoms. The molecule has 1 heterocycles. The number of nitro groups is 1. The van der Waals surface area contributed by atoms with Crippen molar-refractivity contribution in [1.29, 1.82) is 0 Å². The molecule has 1 aliphatic heterocycles. The SMILES string of the molecule is CCCN(CC1CCCCN1)c1ccc(I)cc1[N+](=O)[O-]. The highest BCUT2D eigenvalue weighted by Gasteiger charge is 2.22. The van der Waals surface area contributed by atoms with Crippen LogP contribution in [0, 0.1) is 13.7 Å². The predicted molar refractivity (Wildman–Crippen MR) is 94.0 cm³/mol. The Balaban J connectivity index is 2.22. The first-order valence-corrected chi connectivity index (χ1v) is 8.62. The maximum Gasteiger partial charge on any atom is 0.293 e. The van der Waals surface area contributed by atoms with Crippen molar-refractivity contribution in [1.82, 2.24) is 5.32 Å². The Morgan fingerprint density at radius 2 is 2.29 bits per heavy atom. The lowest BCUT2D eigenvalue weighted by Crippen LogP contribution is -2.44. The van der Waals surface area contributed by atoms with Crippen LogP contribution in [0.15, 0.2) is 18.2 Å². The molecule has 0 amide bonds. The molecule has 0 aliphatic carbocycles. The predicted octanol–water partition coefficient (Wildman–Crippen LogP) is 3.56. The summed E-state index contributed by atoms with van der Waals surface area (Å²) in [5, 5.41) is 14.9. The van der Waals surface area contributed by atoms with Crippen molar-refractivity contribution >= 4 is 34.0 Å². The summed E-state index contributed by atoms with van der Waals surface area (Å²) in [7, 11) is 0. The average Bonchev–Trinajstić information content (AvgIpc) is 2.48. The van der Waals surface area contributed by atoms with E-state index in [4.69, 9.17) is 0 Å². The molecule has 2 rings (SSSR count). The van der Waals surface area contributed by atoms with Crippen molar-refractivity contribution in [3.05, 3.63) is 31.9 Å². The van der Waals surface area contributed by atoms with Crippen LogP contribution >= 0.6 is 22.6 Å². The largest absolute Gasteiger partial charge is 0.364 e. The van der Waals surface area contributed by atoms with Crippen LogP contribution in [0.2, 0.25) is 0 Å². The van der Waals surface area contributed by atoms with Gasteiger partial charge in [0.1, 0.15) is 5.69 Å². The van der Waals surface area contributed by atoms with Gasteiger partial charge < -0.3 is 10.2 Å². The number of nitrogens with one attached hydrogen (secondary N) is 1. The van der Waals surface area contributed by atoms with Crippen molar-refractivity contribution in [2.75, 3.05) is 24.5 Å². The van der Waals surface area contributed by atoms with Gasteiger partial charge in [-0.15, -0.1) is 0 Å². The topological polar surface area (TPSA) is 58.4 Å². The molecule has 1 N–H and O–H groups in total. The average molecular weight is 403 g/mol. The van der Waals surface area contributed by atoms with Crippen molar-refractivity contribution in [3.63, 3.8) is 0 Å². The van der Waals surface area contributed by atoms with E-state index in [1.54, 1.807) is 6.07 Å². The molecule has 0 aromatic heterocycles. The van der Waals surface area contributed by atoms with E-state index in [0.29, 0.717) is 6.04 Å². The molecule has 0 saturated carbocycles. The number of hydrogen-bond acceptors (Lipinski definition) is 4. The van der Waals surface area contributed by atoms with Gasteiger partial charge in [0.25, 0.3) is 5.69 Å². The standard InChI is InChI=1S/C15H22IN3O2/c1-2-9-18(11-13-5-3-4-8-17-13)14-7-6-12(16)10-15(14)19(20)21/h6-7,10,13,17H,2-5,8-9,11H2,1H3. The summed E-state index contributed by atoms with van der Waals surface area (Å²) < 4.78 is 0.898. The van der Waals surface area contributed by atoms with Crippen LogP contribution in [0.5, 0.6) is 0 Å². The fourth-order valence-electron chi connectivity index (χ4n) is 2.84. The summed E-state index contributed by atoms with van der Waals surface area (Å²) in [5.74, 6) is 0. The maximum absolute atomic E-state index is 11.3. The number of anilines is 1. The molecule has 1 aromatic rings. The van der Waals surface area contributed by atoms with Gasteiger partial charge in [-0.25, -0.2) is 0 Å². The molecule has 5 nitrogen and oxygen atoms in total. The second kappa shape index (κ2) is 7.93. The minimum absolute atomic E-state index is 0.214. The highest BCUT2D eigenvalue weighted by molar-refractivity contribution is 14.1. The lowest BCUT2D eigenvalue weighted by molar-refractivity contribution is -0.384. The Bertz CT molecular complexity index is 490. The van der Waals surface area contributed by atoms with E-state index in [0.717, 1.165) is 41.7 Å². The van der Waals surface area contributed by atoms with Gasteiger partial charge in [-0.1, -0.05) is 13.3 Å². The second-order valence-corrected chi connectivity index (χ2v) is 6.73. The van der Waals surface area contributed by atoms with E-state index in [9.17, 15) is 10.1 Å². The normalized spacial score (nSPS) is 18.5. The number of nitro benzene ring substituents is 1. The van der Waals surface area contributed by atoms with Crippen molar-refractivity contribution in [2.24, 2.45) is 0 Å². The van der Waals surface area contributed by atoms with Crippen LogP contribution in [0.25, 0.3) is 0 Å². The monoisotopic (exact) mass is 403 g/mol. The van der Waals surface area contributed by atoms with Gasteiger partial charge in [-0.2, -0.15) is 0 Å². The summed E-state index contributed by atoms with van der Waals surface area (Å²) >= 11 is 2.12. The number of halogens is 1. The molecular formula is C15H22IN3O2. The summed E-state index contributed by atoms with van der Waals surface area (Å²) in [6, 6.07) is 5.93. The molecule has 1 aliphatic rings. The second-order valence-electron chi connectivity index (χ2n) is 5.48.